The molecule has 3 aromatic carbocycles. The van der Waals surface area contributed by atoms with E-state index in [0.29, 0.717) is 0 Å². The van der Waals surface area contributed by atoms with E-state index in [2.05, 4.69) is 21.2 Å². The second-order valence-electron chi connectivity index (χ2n) is 5.31. The van der Waals surface area contributed by atoms with Crippen molar-refractivity contribution in [3.05, 3.63) is 77.3 Å². The van der Waals surface area contributed by atoms with Crippen LogP contribution in [0.4, 0.5) is 21.9 Å². The lowest BCUT2D eigenvalue weighted by Gasteiger charge is -2.31. The fourth-order valence-corrected chi connectivity index (χ4v) is 4.13. The van der Waals surface area contributed by atoms with E-state index in [1.807, 2.05) is 72.8 Å². The number of hydrogen-bond acceptors (Lipinski definition) is 2. The van der Waals surface area contributed by atoms with Crippen molar-refractivity contribution >= 4 is 50.8 Å². The summed E-state index contributed by atoms with van der Waals surface area (Å²) in [6.45, 7) is 0. The van der Waals surface area contributed by atoms with Crippen LogP contribution in [0.2, 0.25) is 0 Å². The third-order valence-corrected chi connectivity index (χ3v) is 5.33. The Kier molecular flexibility index (Phi) is 4.04. The van der Waals surface area contributed by atoms with Crippen molar-refractivity contribution in [2.24, 2.45) is 0 Å². The van der Waals surface area contributed by atoms with Crippen molar-refractivity contribution in [1.29, 1.82) is 0 Å². The molecule has 118 valence electrons. The lowest BCUT2D eigenvalue weighted by atomic mass is 10.2. The Labute approximate surface area is 152 Å². The molecule has 3 nitrogen and oxygen atoms in total. The molecule has 0 unspecified atom stereocenters. The van der Waals surface area contributed by atoms with Crippen LogP contribution in [0.25, 0.3) is 0 Å². The normalized spacial score (nSPS) is 12.3. The fourth-order valence-electron chi connectivity index (χ4n) is 2.67. The van der Waals surface area contributed by atoms with Gasteiger partial charge in [0.15, 0.2) is 0 Å². The van der Waals surface area contributed by atoms with Crippen LogP contribution in [0.15, 0.2) is 87.1 Å². The molecule has 0 saturated heterocycles. The summed E-state index contributed by atoms with van der Waals surface area (Å²) in [6, 6.07) is 23.3. The highest BCUT2D eigenvalue weighted by Crippen LogP contribution is 2.47. The summed E-state index contributed by atoms with van der Waals surface area (Å²) in [6.07, 6.45) is 0. The number of nitrogens with one attached hydrogen (secondary N) is 1. The minimum atomic E-state index is -0.173. The van der Waals surface area contributed by atoms with Crippen molar-refractivity contribution in [1.82, 2.24) is 0 Å². The van der Waals surface area contributed by atoms with E-state index in [1.165, 1.54) is 0 Å². The SMILES string of the molecule is O=C(Nc1cccc(Br)c1)N1c2ccccc2Sc2ccccc21. The van der Waals surface area contributed by atoms with Gasteiger partial charge < -0.3 is 5.32 Å². The zero-order valence-corrected chi connectivity index (χ0v) is 15.0. The first-order chi connectivity index (χ1) is 11.7. The standard InChI is InChI=1S/C19H13BrN2OS/c20-13-6-5-7-14(12-13)21-19(23)22-15-8-1-3-10-17(15)24-18-11-4-2-9-16(18)22/h1-12H,(H,21,23). The summed E-state index contributed by atoms with van der Waals surface area (Å²) >= 11 is 5.11. The van der Waals surface area contributed by atoms with Crippen LogP contribution in [-0.2, 0) is 0 Å². The number of urea groups is 1. The Balaban J connectivity index is 1.75. The number of anilines is 3. The van der Waals surface area contributed by atoms with Gasteiger partial charge in [-0.1, -0.05) is 58.0 Å². The highest BCUT2D eigenvalue weighted by atomic mass is 79.9. The van der Waals surface area contributed by atoms with E-state index >= 15 is 0 Å². The zero-order chi connectivity index (χ0) is 16.5. The van der Waals surface area contributed by atoms with Gasteiger partial charge >= 0.3 is 6.03 Å². The lowest BCUT2D eigenvalue weighted by molar-refractivity contribution is 0.259. The number of carbonyl (C=O) groups is 1. The number of fused-ring (bicyclic) bond motifs is 2. The van der Waals surface area contributed by atoms with Crippen LogP contribution in [0, 0.1) is 0 Å². The molecule has 1 heterocycles. The molecule has 4 rings (SSSR count). The molecule has 0 radical (unpaired) electrons. The van der Waals surface area contributed by atoms with Gasteiger partial charge in [-0.2, -0.15) is 0 Å². The van der Waals surface area contributed by atoms with Gasteiger partial charge in [-0.15, -0.1) is 0 Å². The van der Waals surface area contributed by atoms with Crippen LogP contribution >= 0.6 is 27.7 Å². The molecule has 0 spiro atoms. The Morgan fingerprint density at radius 2 is 1.50 bits per heavy atom. The van der Waals surface area contributed by atoms with Crippen LogP contribution in [0.3, 0.4) is 0 Å². The molecule has 0 fully saturated rings. The Morgan fingerprint density at radius 3 is 2.12 bits per heavy atom. The fraction of sp³-hybridized carbons (Fsp3) is 0. The molecule has 2 amide bonds. The van der Waals surface area contributed by atoms with E-state index in [1.54, 1.807) is 16.7 Å². The minimum Gasteiger partial charge on any atom is -0.307 e. The van der Waals surface area contributed by atoms with E-state index in [-0.39, 0.29) is 6.03 Å². The summed E-state index contributed by atoms with van der Waals surface area (Å²) in [5.74, 6) is 0. The van der Waals surface area contributed by atoms with Crippen LogP contribution in [0.5, 0.6) is 0 Å². The number of halogens is 1. The van der Waals surface area contributed by atoms with E-state index in [9.17, 15) is 4.79 Å². The van der Waals surface area contributed by atoms with E-state index < -0.39 is 0 Å². The minimum absolute atomic E-state index is 0.173. The van der Waals surface area contributed by atoms with E-state index in [4.69, 9.17) is 0 Å². The molecule has 0 aliphatic carbocycles. The van der Waals surface area contributed by atoms with Gasteiger partial charge in [0.05, 0.1) is 11.4 Å². The monoisotopic (exact) mass is 396 g/mol. The van der Waals surface area contributed by atoms with Gasteiger partial charge in [0, 0.05) is 20.0 Å². The molecule has 1 aliphatic heterocycles. The van der Waals surface area contributed by atoms with Crippen molar-refractivity contribution in [3.8, 4) is 0 Å². The summed E-state index contributed by atoms with van der Waals surface area (Å²) in [5, 5.41) is 2.98. The number of carbonyl (C=O) groups excluding carboxylic acids is 1. The number of nitrogens with zero attached hydrogens (tertiary/aromatic N) is 1. The van der Waals surface area contributed by atoms with Gasteiger partial charge in [0.2, 0.25) is 0 Å². The maximum Gasteiger partial charge on any atom is 0.331 e. The van der Waals surface area contributed by atoms with Crippen molar-refractivity contribution in [2.45, 2.75) is 9.79 Å². The molecule has 5 heteroatoms. The second kappa shape index (κ2) is 6.34. The van der Waals surface area contributed by atoms with Crippen LogP contribution in [-0.4, -0.2) is 6.03 Å². The number of para-hydroxylation sites is 2. The molecule has 1 N–H and O–H groups in total. The third kappa shape index (κ3) is 2.81. The molecular formula is C19H13BrN2OS. The molecule has 1 aliphatic rings. The predicted octanol–water partition coefficient (Wildman–Crippen LogP) is 6.28. The molecular weight excluding hydrogens is 384 g/mol. The van der Waals surface area contributed by atoms with Gasteiger partial charge in [0.25, 0.3) is 0 Å². The quantitative estimate of drug-likeness (QED) is 0.524. The zero-order valence-electron chi connectivity index (χ0n) is 12.6. The molecule has 24 heavy (non-hydrogen) atoms. The number of benzene rings is 3. The summed E-state index contributed by atoms with van der Waals surface area (Å²) in [5.41, 5.74) is 2.55. The molecule has 0 bridgehead atoms. The Hall–Kier alpha value is -2.24. The topological polar surface area (TPSA) is 32.3 Å². The van der Waals surface area contributed by atoms with E-state index in [0.717, 1.165) is 31.3 Å². The summed E-state index contributed by atoms with van der Waals surface area (Å²) < 4.78 is 0.926. The first kappa shape index (κ1) is 15.3. The number of hydrogen-bond donors (Lipinski definition) is 1. The van der Waals surface area contributed by atoms with Crippen molar-refractivity contribution < 1.29 is 4.79 Å². The summed E-state index contributed by atoms with van der Waals surface area (Å²) in [7, 11) is 0. The predicted molar refractivity (Wildman–Crippen MR) is 102 cm³/mol. The summed E-state index contributed by atoms with van der Waals surface area (Å²) in [4.78, 5) is 16.9. The van der Waals surface area contributed by atoms with Gasteiger partial charge in [0.1, 0.15) is 0 Å². The Morgan fingerprint density at radius 1 is 0.875 bits per heavy atom. The molecule has 0 saturated carbocycles. The van der Waals surface area contributed by atoms with Crippen LogP contribution < -0.4 is 10.2 Å². The molecule has 3 aromatic rings. The van der Waals surface area contributed by atoms with Crippen molar-refractivity contribution in [2.75, 3.05) is 10.2 Å². The van der Waals surface area contributed by atoms with Gasteiger partial charge in [-0.05, 0) is 42.5 Å². The highest BCUT2D eigenvalue weighted by Gasteiger charge is 2.27. The first-order valence-corrected chi connectivity index (χ1v) is 9.06. The second-order valence-corrected chi connectivity index (χ2v) is 7.31. The third-order valence-electron chi connectivity index (χ3n) is 3.71. The number of rotatable bonds is 1. The average Bonchev–Trinajstić information content (AvgIpc) is 2.59. The molecule has 0 atom stereocenters. The molecule has 0 aromatic heterocycles. The van der Waals surface area contributed by atoms with Crippen molar-refractivity contribution in [3.63, 3.8) is 0 Å². The van der Waals surface area contributed by atoms with Gasteiger partial charge in [-0.25, -0.2) is 4.79 Å². The number of amides is 2. The van der Waals surface area contributed by atoms with Gasteiger partial charge in [-0.3, -0.25) is 4.90 Å². The smallest absolute Gasteiger partial charge is 0.307 e. The average molecular weight is 397 g/mol. The van der Waals surface area contributed by atoms with Crippen LogP contribution in [0.1, 0.15) is 0 Å². The highest BCUT2D eigenvalue weighted by molar-refractivity contribution is 9.10. The maximum atomic E-state index is 13.0. The first-order valence-electron chi connectivity index (χ1n) is 7.45. The largest absolute Gasteiger partial charge is 0.331 e. The Bertz CT molecular complexity index is 883. The lowest BCUT2D eigenvalue weighted by Crippen LogP contribution is -2.32. The maximum absolute atomic E-state index is 13.0.